The number of nitrogen functional groups attached to an aromatic ring is 1. The summed E-state index contributed by atoms with van der Waals surface area (Å²) in [5, 5.41) is 3.02. The van der Waals surface area contributed by atoms with Crippen molar-refractivity contribution in [3.63, 3.8) is 0 Å². The van der Waals surface area contributed by atoms with Crippen molar-refractivity contribution >= 4 is 11.5 Å². The largest absolute Gasteiger partial charge is 0.383 e. The van der Waals surface area contributed by atoms with Crippen LogP contribution in [0.15, 0.2) is 9.59 Å². The second-order valence-corrected chi connectivity index (χ2v) is 4.91. The molecular weight excluding hydrogens is 260 g/mol. The Morgan fingerprint density at radius 2 is 2.05 bits per heavy atom. The Morgan fingerprint density at radius 3 is 2.60 bits per heavy atom. The molecule has 0 amide bonds. The predicted octanol–water partition coefficient (Wildman–Crippen LogP) is 0.376. The molecule has 0 fully saturated rings. The van der Waals surface area contributed by atoms with Crippen LogP contribution in [0.3, 0.4) is 0 Å². The monoisotopic (exact) mass is 284 g/mol. The number of nitrogens with zero attached hydrogens (tertiary/aromatic N) is 2. The third kappa shape index (κ3) is 3.41. The number of hydrogen-bond acceptors (Lipinski definition) is 5. The number of unbranched alkanes of at least 4 members (excludes halogenated alkanes) is 1. The molecule has 0 aliphatic rings. The first-order valence-electron chi connectivity index (χ1n) is 6.78. The van der Waals surface area contributed by atoms with Crippen LogP contribution in [0.1, 0.15) is 26.7 Å². The number of rotatable bonds is 7. The van der Waals surface area contributed by atoms with Gasteiger partial charge in [-0.2, -0.15) is 0 Å². The lowest BCUT2D eigenvalue weighted by atomic mass is 10.3. The van der Waals surface area contributed by atoms with Gasteiger partial charge in [-0.3, -0.25) is 13.9 Å². The molecule has 0 aliphatic carbocycles. The van der Waals surface area contributed by atoms with E-state index >= 15 is 0 Å². The molecule has 0 aromatic carbocycles. The summed E-state index contributed by atoms with van der Waals surface area (Å²) in [4.78, 5) is 24.2. The van der Waals surface area contributed by atoms with Gasteiger partial charge in [-0.15, -0.1) is 0 Å². The van der Waals surface area contributed by atoms with E-state index in [1.165, 1.54) is 11.6 Å². The molecule has 1 rings (SSSR count). The lowest BCUT2D eigenvalue weighted by Gasteiger charge is -2.19. The summed E-state index contributed by atoms with van der Waals surface area (Å²) >= 11 is 0. The minimum absolute atomic E-state index is 0.0767. The van der Waals surface area contributed by atoms with Crippen LogP contribution < -0.4 is 22.3 Å². The minimum atomic E-state index is -0.414. The molecule has 0 saturated carbocycles. The lowest BCUT2D eigenvalue weighted by molar-refractivity contribution is 0.190. The van der Waals surface area contributed by atoms with Crippen molar-refractivity contribution in [2.45, 2.75) is 39.3 Å². The maximum Gasteiger partial charge on any atom is 0.332 e. The zero-order chi connectivity index (χ0) is 15.3. The predicted molar refractivity (Wildman–Crippen MR) is 80.2 cm³/mol. The Kier molecular flexibility index (Phi) is 5.82. The summed E-state index contributed by atoms with van der Waals surface area (Å²) in [5.41, 5.74) is 5.45. The van der Waals surface area contributed by atoms with Gasteiger partial charge in [-0.25, -0.2) is 4.79 Å². The van der Waals surface area contributed by atoms with E-state index in [0.29, 0.717) is 13.2 Å². The second kappa shape index (κ2) is 7.14. The van der Waals surface area contributed by atoms with Crippen molar-refractivity contribution in [2.75, 3.05) is 24.8 Å². The van der Waals surface area contributed by atoms with Crippen molar-refractivity contribution in [1.29, 1.82) is 0 Å². The molecule has 7 heteroatoms. The molecule has 1 atom stereocenters. The van der Waals surface area contributed by atoms with Gasteiger partial charge in [0.2, 0.25) is 0 Å². The van der Waals surface area contributed by atoms with Gasteiger partial charge in [0.05, 0.1) is 6.61 Å². The number of nitrogens with one attached hydrogen (secondary N) is 1. The Bertz CT molecular complexity index is 562. The standard InChI is InChI=1S/C13H24N4O3/c1-5-6-7-17-11(14)10(15-9(2)8-20-4)12(18)16(3)13(17)19/h9,15H,5-8,14H2,1-4H3. The highest BCUT2D eigenvalue weighted by Gasteiger charge is 2.16. The van der Waals surface area contributed by atoms with Crippen LogP contribution >= 0.6 is 0 Å². The van der Waals surface area contributed by atoms with Crippen molar-refractivity contribution in [1.82, 2.24) is 9.13 Å². The first-order chi connectivity index (χ1) is 9.43. The SMILES string of the molecule is CCCCn1c(N)c(NC(C)COC)c(=O)n(C)c1=O. The van der Waals surface area contributed by atoms with Crippen LogP contribution in [0.5, 0.6) is 0 Å². The number of ether oxygens (including phenoxy) is 1. The summed E-state index contributed by atoms with van der Waals surface area (Å²) < 4.78 is 7.54. The fourth-order valence-corrected chi connectivity index (χ4v) is 1.99. The first kappa shape index (κ1) is 16.3. The van der Waals surface area contributed by atoms with E-state index in [-0.39, 0.29) is 23.2 Å². The highest BCUT2D eigenvalue weighted by atomic mass is 16.5. The average molecular weight is 284 g/mol. The highest BCUT2D eigenvalue weighted by Crippen LogP contribution is 2.12. The number of methoxy groups -OCH3 is 1. The normalized spacial score (nSPS) is 12.4. The molecule has 1 aromatic rings. The van der Waals surface area contributed by atoms with Gasteiger partial charge in [0.1, 0.15) is 11.5 Å². The van der Waals surface area contributed by atoms with Crippen LogP contribution in [-0.2, 0) is 18.3 Å². The van der Waals surface area contributed by atoms with Crippen LogP contribution in [0.25, 0.3) is 0 Å². The Morgan fingerprint density at radius 1 is 1.40 bits per heavy atom. The van der Waals surface area contributed by atoms with Gasteiger partial charge in [0, 0.05) is 26.7 Å². The van der Waals surface area contributed by atoms with Crippen LogP contribution in [-0.4, -0.2) is 28.9 Å². The maximum atomic E-state index is 12.1. The fourth-order valence-electron chi connectivity index (χ4n) is 1.99. The Labute approximate surface area is 118 Å². The van der Waals surface area contributed by atoms with E-state index in [0.717, 1.165) is 17.4 Å². The Balaban J connectivity index is 3.26. The van der Waals surface area contributed by atoms with Gasteiger partial charge >= 0.3 is 5.69 Å². The van der Waals surface area contributed by atoms with Crippen LogP contribution in [0, 0.1) is 0 Å². The number of anilines is 2. The number of nitrogens with two attached hydrogens (primary N) is 1. The number of hydrogen-bond donors (Lipinski definition) is 2. The van der Waals surface area contributed by atoms with Crippen molar-refractivity contribution in [2.24, 2.45) is 7.05 Å². The summed E-state index contributed by atoms with van der Waals surface area (Å²) in [5.74, 6) is 0.189. The topological polar surface area (TPSA) is 91.3 Å². The molecule has 20 heavy (non-hydrogen) atoms. The summed E-state index contributed by atoms with van der Waals surface area (Å²) in [6, 6.07) is -0.0767. The zero-order valence-electron chi connectivity index (χ0n) is 12.6. The van der Waals surface area contributed by atoms with Crippen molar-refractivity contribution in [3.8, 4) is 0 Å². The molecule has 1 heterocycles. The quantitative estimate of drug-likeness (QED) is 0.755. The van der Waals surface area contributed by atoms with Crippen molar-refractivity contribution < 1.29 is 4.74 Å². The van der Waals surface area contributed by atoms with Crippen LogP contribution in [0.2, 0.25) is 0 Å². The average Bonchev–Trinajstić information content (AvgIpc) is 2.42. The van der Waals surface area contributed by atoms with Crippen molar-refractivity contribution in [3.05, 3.63) is 20.8 Å². The van der Waals surface area contributed by atoms with Gasteiger partial charge in [0.15, 0.2) is 0 Å². The summed E-state index contributed by atoms with van der Waals surface area (Å²) in [6.45, 7) is 4.85. The van der Waals surface area contributed by atoms with E-state index in [2.05, 4.69) is 5.32 Å². The molecule has 0 saturated heterocycles. The lowest BCUT2D eigenvalue weighted by Crippen LogP contribution is -2.42. The van der Waals surface area contributed by atoms with Gasteiger partial charge in [-0.05, 0) is 13.3 Å². The van der Waals surface area contributed by atoms with E-state index in [1.807, 2.05) is 13.8 Å². The molecule has 114 valence electrons. The molecule has 1 unspecified atom stereocenters. The van der Waals surface area contributed by atoms with Gasteiger partial charge in [-0.1, -0.05) is 13.3 Å². The minimum Gasteiger partial charge on any atom is -0.383 e. The molecule has 1 aromatic heterocycles. The van der Waals surface area contributed by atoms with E-state index in [4.69, 9.17) is 10.5 Å². The fraction of sp³-hybridized carbons (Fsp3) is 0.692. The molecule has 0 aliphatic heterocycles. The van der Waals surface area contributed by atoms with Crippen LogP contribution in [0.4, 0.5) is 11.5 Å². The molecule has 0 bridgehead atoms. The third-order valence-electron chi connectivity index (χ3n) is 3.13. The molecule has 0 radical (unpaired) electrons. The highest BCUT2D eigenvalue weighted by molar-refractivity contribution is 5.61. The van der Waals surface area contributed by atoms with Gasteiger partial charge in [0.25, 0.3) is 5.56 Å². The summed E-state index contributed by atoms with van der Waals surface area (Å²) in [6.07, 6.45) is 1.77. The third-order valence-corrected chi connectivity index (χ3v) is 3.13. The molecule has 0 spiro atoms. The van der Waals surface area contributed by atoms with Gasteiger partial charge < -0.3 is 15.8 Å². The zero-order valence-corrected chi connectivity index (χ0v) is 12.6. The van der Waals surface area contributed by atoms with E-state index in [9.17, 15) is 9.59 Å². The molecule has 7 nitrogen and oxygen atoms in total. The van der Waals surface area contributed by atoms with E-state index < -0.39 is 5.56 Å². The maximum absolute atomic E-state index is 12.1. The molecule has 3 N–H and O–H groups in total. The Hall–Kier alpha value is -1.76. The second-order valence-electron chi connectivity index (χ2n) is 4.91. The molecular formula is C13H24N4O3. The number of aromatic nitrogens is 2. The smallest absolute Gasteiger partial charge is 0.332 e. The first-order valence-corrected chi connectivity index (χ1v) is 6.78. The summed E-state index contributed by atoms with van der Waals surface area (Å²) in [7, 11) is 3.04. The van der Waals surface area contributed by atoms with E-state index in [1.54, 1.807) is 7.11 Å².